The van der Waals surface area contributed by atoms with Gasteiger partial charge >= 0.3 is 0 Å². The van der Waals surface area contributed by atoms with Gasteiger partial charge in [0.1, 0.15) is 12.1 Å². The van der Waals surface area contributed by atoms with E-state index in [1.54, 1.807) is 34.6 Å². The molecule has 0 spiro atoms. The number of nitrogens with zero attached hydrogens (tertiary/aromatic N) is 1. The predicted molar refractivity (Wildman–Crippen MR) is 128 cm³/mol. The minimum atomic E-state index is -3.73. The fourth-order valence-electron chi connectivity index (χ4n) is 3.11. The first-order chi connectivity index (χ1) is 15.4. The highest BCUT2D eigenvalue weighted by Gasteiger charge is 2.28. The van der Waals surface area contributed by atoms with Gasteiger partial charge in [-0.15, -0.1) is 0 Å². The van der Waals surface area contributed by atoms with Gasteiger partial charge in [0.05, 0.1) is 4.90 Å². The van der Waals surface area contributed by atoms with Crippen molar-refractivity contribution in [1.82, 2.24) is 20.3 Å². The molecule has 1 aromatic carbocycles. The maximum Gasteiger partial charge on any atom is 0.251 e. The molecule has 9 nitrogen and oxygen atoms in total. The fraction of sp³-hybridized carbons (Fsp3) is 0.609. The monoisotopic (exact) mass is 482 g/mol. The summed E-state index contributed by atoms with van der Waals surface area (Å²) in [7, 11) is -3.73. The van der Waals surface area contributed by atoms with E-state index in [1.807, 2.05) is 13.8 Å². The molecule has 0 aliphatic heterocycles. The van der Waals surface area contributed by atoms with Crippen LogP contribution in [-0.4, -0.2) is 61.7 Å². The molecule has 0 aliphatic rings. The van der Waals surface area contributed by atoms with Crippen LogP contribution in [-0.2, 0) is 19.6 Å². The lowest BCUT2D eigenvalue weighted by Gasteiger charge is -2.24. The third-order valence-electron chi connectivity index (χ3n) is 5.43. The molecule has 10 heteroatoms. The number of rotatable bonds is 12. The third kappa shape index (κ3) is 7.82. The molecule has 33 heavy (non-hydrogen) atoms. The standard InChI is InChI=1S/C23H38N4O5S/c1-8-16(6)24-21(28)17(7)25-23(30)20(15(4)5)26-22(29)18-12-11-13-19(14-18)33(31,32)27(9-2)10-3/h11-17,20H,8-10H2,1-7H3,(H,24,28)(H,25,30)(H,26,29). The van der Waals surface area contributed by atoms with E-state index in [0.29, 0.717) is 13.1 Å². The average Bonchev–Trinajstić information content (AvgIpc) is 2.77. The zero-order valence-corrected chi connectivity index (χ0v) is 21.5. The Morgan fingerprint density at radius 3 is 2.03 bits per heavy atom. The van der Waals surface area contributed by atoms with E-state index in [1.165, 1.54) is 28.6 Å². The average molecular weight is 483 g/mol. The summed E-state index contributed by atoms with van der Waals surface area (Å²) in [6.45, 7) is 13.1. The molecule has 3 atom stereocenters. The van der Waals surface area contributed by atoms with Gasteiger partial charge in [-0.05, 0) is 44.4 Å². The summed E-state index contributed by atoms with van der Waals surface area (Å²) in [6, 6.07) is 4.05. The molecule has 3 amide bonds. The number of carbonyl (C=O) groups excluding carboxylic acids is 3. The van der Waals surface area contributed by atoms with E-state index in [4.69, 9.17) is 0 Å². The highest BCUT2D eigenvalue weighted by molar-refractivity contribution is 7.89. The van der Waals surface area contributed by atoms with Gasteiger partial charge in [-0.3, -0.25) is 14.4 Å². The summed E-state index contributed by atoms with van der Waals surface area (Å²) < 4.78 is 26.9. The summed E-state index contributed by atoms with van der Waals surface area (Å²) in [6.07, 6.45) is 0.764. The predicted octanol–water partition coefficient (Wildman–Crippen LogP) is 1.89. The molecule has 0 saturated carbocycles. The van der Waals surface area contributed by atoms with Crippen LogP contribution in [0.2, 0.25) is 0 Å². The minimum Gasteiger partial charge on any atom is -0.352 e. The lowest BCUT2D eigenvalue weighted by molar-refractivity contribution is -0.130. The van der Waals surface area contributed by atoms with Gasteiger partial charge in [0.25, 0.3) is 5.91 Å². The van der Waals surface area contributed by atoms with Gasteiger partial charge < -0.3 is 16.0 Å². The van der Waals surface area contributed by atoms with Crippen LogP contribution >= 0.6 is 0 Å². The second kappa shape index (κ2) is 12.7. The lowest BCUT2D eigenvalue weighted by atomic mass is 10.0. The summed E-state index contributed by atoms with van der Waals surface area (Å²) >= 11 is 0. The van der Waals surface area contributed by atoms with Crippen molar-refractivity contribution in [2.24, 2.45) is 5.92 Å². The molecular weight excluding hydrogens is 444 g/mol. The number of hydrogen-bond acceptors (Lipinski definition) is 5. The molecule has 0 fully saturated rings. The second-order valence-electron chi connectivity index (χ2n) is 8.36. The van der Waals surface area contributed by atoms with Crippen LogP contribution < -0.4 is 16.0 Å². The number of carbonyl (C=O) groups is 3. The highest BCUT2D eigenvalue weighted by atomic mass is 32.2. The number of sulfonamides is 1. The first kappa shape index (κ1) is 28.6. The van der Waals surface area contributed by atoms with Gasteiger partial charge in [0.15, 0.2) is 0 Å². The zero-order chi connectivity index (χ0) is 25.3. The number of amides is 3. The Kier molecular flexibility index (Phi) is 11.0. The van der Waals surface area contributed by atoms with Crippen molar-refractivity contribution in [3.05, 3.63) is 29.8 Å². The molecule has 3 N–H and O–H groups in total. The van der Waals surface area contributed by atoms with E-state index in [9.17, 15) is 22.8 Å². The molecule has 0 heterocycles. The maximum absolute atomic E-state index is 12.9. The largest absolute Gasteiger partial charge is 0.352 e. The van der Waals surface area contributed by atoms with Gasteiger partial charge in [-0.2, -0.15) is 4.31 Å². The number of benzene rings is 1. The molecule has 3 unspecified atom stereocenters. The summed E-state index contributed by atoms with van der Waals surface area (Å²) in [4.78, 5) is 37.9. The highest BCUT2D eigenvalue weighted by Crippen LogP contribution is 2.17. The van der Waals surface area contributed by atoms with Crippen molar-refractivity contribution in [2.75, 3.05) is 13.1 Å². The van der Waals surface area contributed by atoms with Crippen LogP contribution in [0.1, 0.15) is 65.2 Å². The van der Waals surface area contributed by atoms with Gasteiger partial charge in [0, 0.05) is 24.7 Å². The Hall–Kier alpha value is -2.46. The Balaban J connectivity index is 3.00. The number of nitrogens with one attached hydrogen (secondary N) is 3. The van der Waals surface area contributed by atoms with Crippen molar-refractivity contribution in [2.45, 2.75) is 77.9 Å². The lowest BCUT2D eigenvalue weighted by Crippen LogP contribution is -2.55. The molecule has 0 bridgehead atoms. The van der Waals surface area contributed by atoms with Crippen LogP contribution in [0.25, 0.3) is 0 Å². The maximum atomic E-state index is 12.9. The van der Waals surface area contributed by atoms with Crippen LogP contribution in [0.5, 0.6) is 0 Å². The van der Waals surface area contributed by atoms with Crippen LogP contribution in [0.4, 0.5) is 0 Å². The fourth-order valence-corrected chi connectivity index (χ4v) is 4.61. The van der Waals surface area contributed by atoms with E-state index in [2.05, 4.69) is 16.0 Å². The molecule has 0 radical (unpaired) electrons. The Morgan fingerprint density at radius 1 is 0.909 bits per heavy atom. The van der Waals surface area contributed by atoms with Crippen molar-refractivity contribution < 1.29 is 22.8 Å². The smallest absolute Gasteiger partial charge is 0.251 e. The third-order valence-corrected chi connectivity index (χ3v) is 7.47. The molecule has 1 aromatic rings. The van der Waals surface area contributed by atoms with Crippen LogP contribution in [0, 0.1) is 5.92 Å². The van der Waals surface area contributed by atoms with Gasteiger partial charge in [-0.25, -0.2) is 8.42 Å². The molecule has 0 aliphatic carbocycles. The SMILES string of the molecule is CCC(C)NC(=O)C(C)NC(=O)C(NC(=O)c1cccc(S(=O)(=O)N(CC)CC)c1)C(C)C. The first-order valence-electron chi connectivity index (χ1n) is 11.4. The topological polar surface area (TPSA) is 125 Å². The van der Waals surface area contributed by atoms with Crippen molar-refractivity contribution >= 4 is 27.7 Å². The van der Waals surface area contributed by atoms with Crippen molar-refractivity contribution in [3.63, 3.8) is 0 Å². The Bertz CT molecular complexity index is 929. The van der Waals surface area contributed by atoms with Crippen molar-refractivity contribution in [3.8, 4) is 0 Å². The molecular formula is C23H38N4O5S. The second-order valence-corrected chi connectivity index (χ2v) is 10.3. The molecule has 186 valence electrons. The summed E-state index contributed by atoms with van der Waals surface area (Å²) in [5.41, 5.74) is 0.129. The van der Waals surface area contributed by atoms with Crippen molar-refractivity contribution in [1.29, 1.82) is 0 Å². The first-order valence-corrected chi connectivity index (χ1v) is 12.8. The van der Waals surface area contributed by atoms with E-state index < -0.39 is 33.9 Å². The van der Waals surface area contributed by atoms with Crippen LogP contribution in [0.3, 0.4) is 0 Å². The minimum absolute atomic E-state index is 0.0136. The quantitative estimate of drug-likeness (QED) is 0.420. The number of hydrogen-bond donors (Lipinski definition) is 3. The Labute approximate surface area is 197 Å². The van der Waals surface area contributed by atoms with Gasteiger partial charge in [-0.1, -0.05) is 40.7 Å². The van der Waals surface area contributed by atoms with Crippen LogP contribution in [0.15, 0.2) is 29.2 Å². The van der Waals surface area contributed by atoms with E-state index in [0.717, 1.165) is 6.42 Å². The normalized spacial score (nSPS) is 14.5. The van der Waals surface area contributed by atoms with Gasteiger partial charge in [0.2, 0.25) is 21.8 Å². The molecule has 0 saturated heterocycles. The molecule has 1 rings (SSSR count). The van der Waals surface area contributed by atoms with E-state index >= 15 is 0 Å². The van der Waals surface area contributed by atoms with E-state index in [-0.39, 0.29) is 28.3 Å². The zero-order valence-electron chi connectivity index (χ0n) is 20.6. The summed E-state index contributed by atoms with van der Waals surface area (Å²) in [5.74, 6) is -1.63. The molecule has 0 aromatic heterocycles. The Morgan fingerprint density at radius 2 is 1.52 bits per heavy atom. The summed E-state index contributed by atoms with van der Waals surface area (Å²) in [5, 5.41) is 8.12.